The molecule has 3 rings (SSSR count). The monoisotopic (exact) mass is 568 g/mol. The first-order chi connectivity index (χ1) is 17.6. The summed E-state index contributed by atoms with van der Waals surface area (Å²) in [7, 11) is 1.91. The van der Waals surface area contributed by atoms with Crippen LogP contribution in [-0.2, 0) is 13.1 Å². The van der Waals surface area contributed by atoms with Gasteiger partial charge in [-0.1, -0.05) is 40.9 Å². The van der Waals surface area contributed by atoms with Crippen LogP contribution in [0.3, 0.4) is 0 Å². The maximum absolute atomic E-state index is 10.4. The summed E-state index contributed by atoms with van der Waals surface area (Å²) in [5.41, 5.74) is 0.471. The van der Waals surface area contributed by atoms with E-state index in [1.807, 2.05) is 37.9 Å². The van der Waals surface area contributed by atoms with Crippen molar-refractivity contribution in [1.29, 1.82) is 0 Å². The minimum absolute atomic E-state index is 0.0440. The quantitative estimate of drug-likeness (QED) is 0.232. The molecule has 0 radical (unpaired) electrons. The van der Waals surface area contributed by atoms with Crippen LogP contribution < -0.4 is 0 Å². The first kappa shape index (κ1) is 30.0. The van der Waals surface area contributed by atoms with Crippen LogP contribution in [0.1, 0.15) is 22.3 Å². The molecule has 0 amide bonds. The van der Waals surface area contributed by atoms with Gasteiger partial charge >= 0.3 is 11.4 Å². The van der Waals surface area contributed by atoms with E-state index in [4.69, 9.17) is 28.3 Å². The fourth-order valence-corrected chi connectivity index (χ4v) is 4.05. The zero-order chi connectivity index (χ0) is 28.9. The Balaban J connectivity index is 0.000000281. The van der Waals surface area contributed by atoms with Crippen LogP contribution in [-0.4, -0.2) is 42.0 Å². The topological polar surface area (TPSA) is 193 Å². The zero-order valence-electron chi connectivity index (χ0n) is 20.2. The van der Waals surface area contributed by atoms with Gasteiger partial charge in [0, 0.05) is 29.2 Å². The Morgan fingerprint density at radius 1 is 0.737 bits per heavy atom. The second kappa shape index (κ2) is 12.4. The largest absolute Gasteiger partial charge is 0.507 e. The molecular formula is C23H22Cl2N4O9. The fraction of sp³-hybridized carbons (Fsp3) is 0.217. The van der Waals surface area contributed by atoms with Crippen molar-refractivity contribution in [2.24, 2.45) is 0 Å². The molecule has 13 nitrogen and oxygen atoms in total. The highest BCUT2D eigenvalue weighted by molar-refractivity contribution is 6.35. The summed E-state index contributed by atoms with van der Waals surface area (Å²) in [5.74, 6) is -0.853. The lowest BCUT2D eigenvalue weighted by molar-refractivity contribution is -0.404. The fourth-order valence-electron chi connectivity index (χ4n) is 3.52. The van der Waals surface area contributed by atoms with E-state index in [9.17, 15) is 40.6 Å². The third-order valence-corrected chi connectivity index (χ3v) is 5.68. The number of non-ortho nitro benzene ring substituents is 1. The van der Waals surface area contributed by atoms with Gasteiger partial charge < -0.3 is 15.3 Å². The van der Waals surface area contributed by atoms with Gasteiger partial charge in [-0.25, -0.2) is 0 Å². The number of halogens is 2. The number of rotatable bonds is 7. The van der Waals surface area contributed by atoms with Gasteiger partial charge in [0.2, 0.25) is 0 Å². The van der Waals surface area contributed by atoms with Crippen LogP contribution in [0.25, 0.3) is 0 Å². The summed E-state index contributed by atoms with van der Waals surface area (Å²) in [6.45, 7) is 4.91. The standard InChI is InChI=1S/C17H19Cl2NO2.C6H3N3O7/c1-10-4-11(2)16(21)12(5-10)8-20(3)9-13-6-14(18)7-15(19)17(13)22;10-6-4(8(13)14)1-3(7(11)12)2-5(6)9(15)16/h4-7,21-22H,8-9H2,1-3H3;1-2,10H. The molecule has 3 aromatic rings. The molecule has 0 bridgehead atoms. The number of nitrogens with zero attached hydrogens (tertiary/aromatic N) is 4. The van der Waals surface area contributed by atoms with Crippen molar-refractivity contribution in [3.05, 3.63) is 99.0 Å². The first-order valence-corrected chi connectivity index (χ1v) is 11.3. The second-order valence-electron chi connectivity index (χ2n) is 8.26. The van der Waals surface area contributed by atoms with Gasteiger partial charge in [0.1, 0.15) is 11.5 Å². The lowest BCUT2D eigenvalue weighted by Gasteiger charge is -2.19. The van der Waals surface area contributed by atoms with Crippen LogP contribution in [0.15, 0.2) is 36.4 Å². The number of hydrogen-bond donors (Lipinski definition) is 3. The van der Waals surface area contributed by atoms with Crippen LogP contribution in [0.2, 0.25) is 10.0 Å². The maximum atomic E-state index is 10.4. The average Bonchev–Trinajstić information content (AvgIpc) is 2.80. The van der Waals surface area contributed by atoms with Crippen molar-refractivity contribution in [3.8, 4) is 17.2 Å². The molecule has 3 N–H and O–H groups in total. The molecule has 0 saturated heterocycles. The highest BCUT2D eigenvalue weighted by atomic mass is 35.5. The summed E-state index contributed by atoms with van der Waals surface area (Å²) in [6.07, 6.45) is 0. The van der Waals surface area contributed by atoms with E-state index in [0.29, 0.717) is 41.6 Å². The van der Waals surface area contributed by atoms with Gasteiger partial charge in [0.25, 0.3) is 11.4 Å². The van der Waals surface area contributed by atoms with Crippen molar-refractivity contribution in [2.45, 2.75) is 26.9 Å². The molecule has 0 atom stereocenters. The van der Waals surface area contributed by atoms with Gasteiger partial charge in [-0.2, -0.15) is 0 Å². The summed E-state index contributed by atoms with van der Waals surface area (Å²) in [6, 6.07) is 8.01. The van der Waals surface area contributed by atoms with E-state index in [1.54, 1.807) is 6.07 Å². The smallest absolute Gasteiger partial charge is 0.324 e. The second-order valence-corrected chi connectivity index (χ2v) is 9.10. The Labute approximate surface area is 225 Å². The van der Waals surface area contributed by atoms with Crippen LogP contribution in [0.5, 0.6) is 17.2 Å². The lowest BCUT2D eigenvalue weighted by Crippen LogP contribution is -2.17. The minimum atomic E-state index is -1.21. The normalized spacial score (nSPS) is 10.6. The summed E-state index contributed by atoms with van der Waals surface area (Å²) in [5, 5.41) is 61.1. The Bertz CT molecular complexity index is 1320. The molecule has 0 aromatic heterocycles. The van der Waals surface area contributed by atoms with Crippen molar-refractivity contribution >= 4 is 40.3 Å². The van der Waals surface area contributed by atoms with Crippen molar-refractivity contribution < 1.29 is 30.1 Å². The lowest BCUT2D eigenvalue weighted by atomic mass is 10.0. The van der Waals surface area contributed by atoms with Gasteiger partial charge in [0.15, 0.2) is 0 Å². The van der Waals surface area contributed by atoms with Crippen molar-refractivity contribution in [1.82, 2.24) is 4.90 Å². The maximum Gasteiger partial charge on any atom is 0.324 e. The molecular weight excluding hydrogens is 547 g/mol. The predicted molar refractivity (Wildman–Crippen MR) is 139 cm³/mol. The number of phenols is 3. The van der Waals surface area contributed by atoms with Crippen molar-refractivity contribution in [2.75, 3.05) is 7.05 Å². The molecule has 15 heteroatoms. The van der Waals surface area contributed by atoms with E-state index in [0.717, 1.165) is 16.7 Å². The SMILES string of the molecule is Cc1cc(C)c(O)c(CN(C)Cc2cc(Cl)cc(Cl)c2O)c1.O=[N+]([O-])c1cc([N+](=O)[O-])c(O)c([N+](=O)[O-])c1. The number of nitro groups is 3. The number of benzene rings is 3. The Morgan fingerprint density at radius 2 is 1.24 bits per heavy atom. The highest BCUT2D eigenvalue weighted by Crippen LogP contribution is 2.39. The molecule has 3 aromatic carbocycles. The number of aryl methyl sites for hydroxylation is 2. The van der Waals surface area contributed by atoms with E-state index < -0.39 is 37.6 Å². The Morgan fingerprint density at radius 3 is 1.71 bits per heavy atom. The molecule has 0 saturated carbocycles. The summed E-state index contributed by atoms with van der Waals surface area (Å²) >= 11 is 11.9. The van der Waals surface area contributed by atoms with Gasteiger partial charge in [-0.3, -0.25) is 35.2 Å². The third-order valence-electron chi connectivity index (χ3n) is 5.17. The van der Waals surface area contributed by atoms with E-state index in [1.165, 1.54) is 6.07 Å². The Kier molecular flexibility index (Phi) is 9.77. The number of nitro benzene ring substituents is 3. The predicted octanol–water partition coefficient (Wildman–Crippen LogP) is 5.77. The molecule has 0 spiro atoms. The van der Waals surface area contributed by atoms with Crippen LogP contribution in [0, 0.1) is 44.2 Å². The highest BCUT2D eigenvalue weighted by Gasteiger charge is 2.30. The van der Waals surface area contributed by atoms with E-state index in [2.05, 4.69) is 0 Å². The molecule has 38 heavy (non-hydrogen) atoms. The first-order valence-electron chi connectivity index (χ1n) is 10.6. The number of hydrogen-bond acceptors (Lipinski definition) is 10. The minimum Gasteiger partial charge on any atom is -0.507 e. The number of aromatic hydroxyl groups is 3. The molecule has 0 aliphatic rings. The van der Waals surface area contributed by atoms with E-state index in [-0.39, 0.29) is 10.8 Å². The van der Waals surface area contributed by atoms with Gasteiger partial charge in [-0.05, 0) is 38.6 Å². The molecule has 0 aliphatic carbocycles. The summed E-state index contributed by atoms with van der Waals surface area (Å²) < 4.78 is 0. The van der Waals surface area contributed by atoms with Crippen LogP contribution >= 0.6 is 23.2 Å². The Hall–Kier alpha value is -4.20. The molecule has 0 aliphatic heterocycles. The molecule has 0 unspecified atom stereocenters. The molecule has 0 heterocycles. The van der Waals surface area contributed by atoms with Crippen molar-refractivity contribution in [3.63, 3.8) is 0 Å². The van der Waals surface area contributed by atoms with Gasteiger partial charge in [0.05, 0.1) is 31.9 Å². The third kappa shape index (κ3) is 7.41. The summed E-state index contributed by atoms with van der Waals surface area (Å²) in [4.78, 5) is 29.8. The van der Waals surface area contributed by atoms with Gasteiger partial charge in [-0.15, -0.1) is 0 Å². The molecule has 0 fully saturated rings. The zero-order valence-corrected chi connectivity index (χ0v) is 21.7. The molecule has 202 valence electrons. The average molecular weight is 569 g/mol. The van der Waals surface area contributed by atoms with Crippen LogP contribution in [0.4, 0.5) is 17.1 Å². The number of phenolic OH excluding ortho intramolecular Hbond substituents is 3. The van der Waals surface area contributed by atoms with E-state index >= 15 is 0 Å².